The zero-order valence-corrected chi connectivity index (χ0v) is 11.1. The number of hydrogen-bond acceptors (Lipinski definition) is 2. The van der Waals surface area contributed by atoms with Crippen molar-refractivity contribution in [1.82, 2.24) is 0 Å². The third-order valence-electron chi connectivity index (χ3n) is 3.21. The Balaban J connectivity index is 2.49. The first-order valence-corrected chi connectivity index (χ1v) is 6.47. The molecule has 3 aromatic rings. The lowest BCUT2D eigenvalue weighted by molar-refractivity contribution is 0.248. The van der Waals surface area contributed by atoms with E-state index in [2.05, 4.69) is 0 Å². The number of aromatic hydroxyl groups is 1. The number of phenols is 1. The van der Waals surface area contributed by atoms with Crippen molar-refractivity contribution >= 4 is 21.5 Å². The van der Waals surface area contributed by atoms with Crippen LogP contribution < -0.4 is 4.74 Å². The quantitative estimate of drug-likeness (QED) is 0.681. The number of benzene rings is 3. The van der Waals surface area contributed by atoms with Gasteiger partial charge in [-0.1, -0.05) is 48.5 Å². The lowest BCUT2D eigenvalue weighted by atomic mass is 10.0. The molecule has 0 aromatic heterocycles. The molecule has 3 aromatic carbocycles. The molecule has 0 saturated heterocycles. The first-order valence-electron chi connectivity index (χ1n) is 6.47. The maximum atomic E-state index is 10.4. The summed E-state index contributed by atoms with van der Waals surface area (Å²) in [6.45, 7) is 4.02. The lowest BCUT2D eigenvalue weighted by Crippen LogP contribution is -2.06. The number of rotatable bonds is 2. The highest BCUT2D eigenvalue weighted by Gasteiger charge is 2.14. The van der Waals surface area contributed by atoms with Crippen LogP contribution in [0.15, 0.2) is 48.5 Å². The van der Waals surface area contributed by atoms with E-state index in [0.717, 1.165) is 27.3 Å². The van der Waals surface area contributed by atoms with Crippen LogP contribution in [0.2, 0.25) is 0 Å². The minimum Gasteiger partial charge on any atom is -0.507 e. The smallest absolute Gasteiger partial charge is 0.135 e. The van der Waals surface area contributed by atoms with Crippen LogP contribution in [0.3, 0.4) is 0 Å². The second-order valence-electron chi connectivity index (χ2n) is 4.94. The van der Waals surface area contributed by atoms with E-state index in [1.54, 1.807) is 0 Å². The van der Waals surface area contributed by atoms with Crippen LogP contribution in [0, 0.1) is 0 Å². The van der Waals surface area contributed by atoms with Gasteiger partial charge in [-0.25, -0.2) is 0 Å². The van der Waals surface area contributed by atoms with Gasteiger partial charge in [0.2, 0.25) is 0 Å². The Hall–Kier alpha value is -2.22. The molecule has 0 spiro atoms. The molecule has 2 nitrogen and oxygen atoms in total. The van der Waals surface area contributed by atoms with Crippen molar-refractivity contribution in [1.29, 1.82) is 0 Å². The monoisotopic (exact) mass is 252 g/mol. The van der Waals surface area contributed by atoms with Crippen molar-refractivity contribution in [2.45, 2.75) is 20.0 Å². The molecular formula is C17H16O2. The molecule has 0 radical (unpaired) electrons. The molecule has 0 heterocycles. The number of phenolic OH excluding ortho intramolecular Hbond substituents is 1. The summed E-state index contributed by atoms with van der Waals surface area (Å²) in [7, 11) is 0. The summed E-state index contributed by atoms with van der Waals surface area (Å²) in [6, 6.07) is 15.6. The second kappa shape index (κ2) is 4.47. The highest BCUT2D eigenvalue weighted by Crippen LogP contribution is 2.42. The first kappa shape index (κ1) is 11.8. The Labute approximate surface area is 112 Å². The zero-order chi connectivity index (χ0) is 13.4. The molecule has 0 unspecified atom stereocenters. The van der Waals surface area contributed by atoms with Gasteiger partial charge in [0.25, 0.3) is 0 Å². The van der Waals surface area contributed by atoms with Crippen LogP contribution in [0.4, 0.5) is 0 Å². The molecule has 3 rings (SSSR count). The van der Waals surface area contributed by atoms with Gasteiger partial charge in [-0.2, -0.15) is 0 Å². The number of fused-ring (bicyclic) bond motifs is 2. The van der Waals surface area contributed by atoms with Gasteiger partial charge < -0.3 is 9.84 Å². The van der Waals surface area contributed by atoms with Crippen LogP contribution in [0.1, 0.15) is 13.8 Å². The van der Waals surface area contributed by atoms with E-state index >= 15 is 0 Å². The van der Waals surface area contributed by atoms with E-state index in [-0.39, 0.29) is 6.10 Å². The largest absolute Gasteiger partial charge is 0.507 e. The maximum Gasteiger partial charge on any atom is 0.135 e. The molecule has 1 N–H and O–H groups in total. The molecular weight excluding hydrogens is 236 g/mol. The summed E-state index contributed by atoms with van der Waals surface area (Å²) in [5, 5.41) is 14.0. The Morgan fingerprint density at radius 1 is 0.789 bits per heavy atom. The topological polar surface area (TPSA) is 29.5 Å². The molecule has 0 aliphatic carbocycles. The molecule has 19 heavy (non-hydrogen) atoms. The normalized spacial score (nSPS) is 11.3. The Bertz CT molecular complexity index is 688. The summed E-state index contributed by atoms with van der Waals surface area (Å²) in [4.78, 5) is 0. The van der Waals surface area contributed by atoms with Crippen LogP contribution in [-0.2, 0) is 0 Å². The minimum absolute atomic E-state index is 0.0938. The SMILES string of the molecule is CC(C)Oc1c2ccccc2c(O)c2ccccc12. The molecule has 96 valence electrons. The molecule has 0 amide bonds. The van der Waals surface area contributed by atoms with Crippen LogP contribution in [-0.4, -0.2) is 11.2 Å². The van der Waals surface area contributed by atoms with Crippen molar-refractivity contribution in [2.24, 2.45) is 0 Å². The number of ether oxygens (including phenoxy) is 1. The fraction of sp³-hybridized carbons (Fsp3) is 0.176. The molecule has 2 heteroatoms. The predicted octanol–water partition coefficient (Wildman–Crippen LogP) is 4.49. The predicted molar refractivity (Wildman–Crippen MR) is 78.9 cm³/mol. The molecule has 0 fully saturated rings. The summed E-state index contributed by atoms with van der Waals surface area (Å²) in [5.74, 6) is 1.17. The summed E-state index contributed by atoms with van der Waals surface area (Å²) in [6.07, 6.45) is 0.0938. The molecule has 0 bridgehead atoms. The van der Waals surface area contributed by atoms with E-state index in [9.17, 15) is 5.11 Å². The molecule has 0 saturated carbocycles. The summed E-state index contributed by atoms with van der Waals surface area (Å²) in [5.41, 5.74) is 0. The van der Waals surface area contributed by atoms with E-state index < -0.39 is 0 Å². The van der Waals surface area contributed by atoms with Crippen molar-refractivity contribution in [3.05, 3.63) is 48.5 Å². The van der Waals surface area contributed by atoms with Gasteiger partial charge in [0.15, 0.2) is 0 Å². The summed E-state index contributed by atoms with van der Waals surface area (Å²) >= 11 is 0. The van der Waals surface area contributed by atoms with Crippen molar-refractivity contribution in [3.8, 4) is 11.5 Å². The minimum atomic E-state index is 0.0938. The fourth-order valence-corrected chi connectivity index (χ4v) is 2.43. The van der Waals surface area contributed by atoms with E-state index in [0.29, 0.717) is 5.75 Å². The molecule has 0 atom stereocenters. The fourth-order valence-electron chi connectivity index (χ4n) is 2.43. The second-order valence-corrected chi connectivity index (χ2v) is 4.94. The Kier molecular flexibility index (Phi) is 2.79. The standard InChI is InChI=1S/C17H16O2/c1-11(2)19-17-14-9-5-3-7-12(14)16(18)13-8-4-6-10-15(13)17/h3-11,18H,1-2H3. The molecule has 0 aliphatic rings. The van der Waals surface area contributed by atoms with Crippen LogP contribution >= 0.6 is 0 Å². The van der Waals surface area contributed by atoms with Gasteiger partial charge in [-0.05, 0) is 13.8 Å². The first-order chi connectivity index (χ1) is 9.18. The average molecular weight is 252 g/mol. The Morgan fingerprint density at radius 2 is 1.21 bits per heavy atom. The summed E-state index contributed by atoms with van der Waals surface area (Å²) < 4.78 is 5.98. The van der Waals surface area contributed by atoms with Crippen LogP contribution in [0.25, 0.3) is 21.5 Å². The zero-order valence-electron chi connectivity index (χ0n) is 11.1. The van der Waals surface area contributed by atoms with Crippen molar-refractivity contribution in [2.75, 3.05) is 0 Å². The van der Waals surface area contributed by atoms with Gasteiger partial charge >= 0.3 is 0 Å². The molecule has 0 aliphatic heterocycles. The van der Waals surface area contributed by atoms with Gasteiger partial charge in [0, 0.05) is 21.5 Å². The van der Waals surface area contributed by atoms with Gasteiger partial charge in [0.05, 0.1) is 6.10 Å². The van der Waals surface area contributed by atoms with E-state index in [1.165, 1.54) is 0 Å². The van der Waals surface area contributed by atoms with Gasteiger partial charge in [0.1, 0.15) is 11.5 Å². The average Bonchev–Trinajstić information content (AvgIpc) is 2.43. The highest BCUT2D eigenvalue weighted by molar-refractivity contribution is 6.10. The Morgan fingerprint density at radius 3 is 1.63 bits per heavy atom. The third kappa shape index (κ3) is 1.89. The van der Waals surface area contributed by atoms with Gasteiger partial charge in [-0.15, -0.1) is 0 Å². The number of hydrogen-bond donors (Lipinski definition) is 1. The van der Waals surface area contributed by atoms with E-state index in [4.69, 9.17) is 4.74 Å². The van der Waals surface area contributed by atoms with Crippen LogP contribution in [0.5, 0.6) is 11.5 Å². The lowest BCUT2D eigenvalue weighted by Gasteiger charge is -2.16. The van der Waals surface area contributed by atoms with E-state index in [1.807, 2.05) is 62.4 Å². The van der Waals surface area contributed by atoms with Crippen molar-refractivity contribution in [3.63, 3.8) is 0 Å². The third-order valence-corrected chi connectivity index (χ3v) is 3.21. The van der Waals surface area contributed by atoms with Gasteiger partial charge in [-0.3, -0.25) is 0 Å². The highest BCUT2D eigenvalue weighted by atomic mass is 16.5. The van der Waals surface area contributed by atoms with Crippen molar-refractivity contribution < 1.29 is 9.84 Å². The maximum absolute atomic E-state index is 10.4.